The molecule has 2 heterocycles. The molecule has 0 bridgehead atoms. The Hall–Kier alpha value is -0.360. The highest BCUT2D eigenvalue weighted by Crippen LogP contribution is 2.33. The topological polar surface area (TPSA) is 54.0 Å². The third-order valence-corrected chi connectivity index (χ3v) is 6.02. The molecular formula is C16H27Cl2N3OS. The molecule has 0 spiro atoms. The van der Waals surface area contributed by atoms with Crippen LogP contribution in [-0.2, 0) is 11.2 Å². The smallest absolute Gasteiger partial charge is 0.237 e. The van der Waals surface area contributed by atoms with Crippen molar-refractivity contribution in [2.75, 3.05) is 6.54 Å². The third kappa shape index (κ3) is 5.05. The molecule has 0 aromatic carbocycles. The fourth-order valence-electron chi connectivity index (χ4n) is 3.58. The number of nitrogens with zero attached hydrogens (tertiary/aromatic N) is 1. The molecule has 4 nitrogen and oxygen atoms in total. The van der Waals surface area contributed by atoms with Gasteiger partial charge in [-0.05, 0) is 39.0 Å². The van der Waals surface area contributed by atoms with Crippen molar-refractivity contribution in [3.63, 3.8) is 0 Å². The van der Waals surface area contributed by atoms with Gasteiger partial charge in [-0.25, -0.2) is 4.98 Å². The van der Waals surface area contributed by atoms with E-state index in [1.165, 1.54) is 30.6 Å². The number of carbonyl (C=O) groups excluding carboxylic acids is 1. The second kappa shape index (κ2) is 9.21. The van der Waals surface area contributed by atoms with Crippen molar-refractivity contribution in [1.29, 1.82) is 0 Å². The molecule has 2 fully saturated rings. The van der Waals surface area contributed by atoms with Crippen molar-refractivity contribution in [2.45, 2.75) is 64.5 Å². The molecule has 1 amide bonds. The maximum Gasteiger partial charge on any atom is 0.237 e. The number of thiazole rings is 1. The van der Waals surface area contributed by atoms with Crippen molar-refractivity contribution in [3.05, 3.63) is 15.6 Å². The number of halogens is 2. The number of amides is 1. The minimum absolute atomic E-state index is 0. The molecule has 23 heavy (non-hydrogen) atoms. The van der Waals surface area contributed by atoms with Crippen LogP contribution < -0.4 is 10.6 Å². The maximum atomic E-state index is 12.3. The number of rotatable bonds is 4. The van der Waals surface area contributed by atoms with Gasteiger partial charge in [0, 0.05) is 23.9 Å². The number of hydrogen-bond donors (Lipinski definition) is 2. The lowest BCUT2D eigenvalue weighted by Crippen LogP contribution is -2.43. The molecule has 1 aliphatic carbocycles. The average molecular weight is 380 g/mol. The minimum atomic E-state index is 0. The molecule has 3 atom stereocenters. The molecular weight excluding hydrogens is 353 g/mol. The SMILES string of the molecule is Cc1nc(CCNC(=O)C2CC3CCCCC3N2)sc1C.Cl.Cl. The van der Waals surface area contributed by atoms with Crippen LogP contribution in [0.4, 0.5) is 0 Å². The van der Waals surface area contributed by atoms with E-state index in [4.69, 9.17) is 0 Å². The lowest BCUT2D eigenvalue weighted by Gasteiger charge is -2.24. The lowest BCUT2D eigenvalue weighted by atomic mass is 9.85. The summed E-state index contributed by atoms with van der Waals surface area (Å²) >= 11 is 1.74. The van der Waals surface area contributed by atoms with Crippen LogP contribution in [-0.4, -0.2) is 29.5 Å². The summed E-state index contributed by atoms with van der Waals surface area (Å²) in [5.74, 6) is 0.896. The highest BCUT2D eigenvalue weighted by Gasteiger charge is 2.37. The second-order valence-electron chi connectivity index (χ2n) is 6.40. The van der Waals surface area contributed by atoms with Gasteiger partial charge in [0.05, 0.1) is 16.7 Å². The Balaban J connectivity index is 0.00000132. The summed E-state index contributed by atoms with van der Waals surface area (Å²) in [6, 6.07) is 0.608. The Morgan fingerprint density at radius 3 is 2.70 bits per heavy atom. The van der Waals surface area contributed by atoms with Gasteiger partial charge in [0.1, 0.15) is 0 Å². The Bertz CT molecular complexity index is 490. The summed E-state index contributed by atoms with van der Waals surface area (Å²) in [7, 11) is 0. The zero-order valence-corrected chi connectivity index (χ0v) is 16.2. The van der Waals surface area contributed by atoms with Gasteiger partial charge in [0.25, 0.3) is 0 Å². The van der Waals surface area contributed by atoms with Crippen LogP contribution in [0.15, 0.2) is 0 Å². The van der Waals surface area contributed by atoms with E-state index >= 15 is 0 Å². The van der Waals surface area contributed by atoms with Crippen LogP contribution in [0.25, 0.3) is 0 Å². The molecule has 1 aromatic heterocycles. The van der Waals surface area contributed by atoms with Crippen LogP contribution in [0.2, 0.25) is 0 Å². The molecule has 132 valence electrons. The van der Waals surface area contributed by atoms with Crippen molar-refractivity contribution < 1.29 is 4.79 Å². The van der Waals surface area contributed by atoms with Crippen molar-refractivity contribution in [1.82, 2.24) is 15.6 Å². The first-order chi connectivity index (χ1) is 10.1. The number of aryl methyl sites for hydroxylation is 2. The molecule has 3 unspecified atom stereocenters. The number of carbonyl (C=O) groups is 1. The van der Waals surface area contributed by atoms with Gasteiger partial charge >= 0.3 is 0 Å². The van der Waals surface area contributed by atoms with Crippen LogP contribution in [0.5, 0.6) is 0 Å². The zero-order chi connectivity index (χ0) is 14.8. The Labute approximate surface area is 155 Å². The summed E-state index contributed by atoms with van der Waals surface area (Å²) in [6.07, 6.45) is 7.03. The summed E-state index contributed by atoms with van der Waals surface area (Å²) in [5.41, 5.74) is 1.11. The van der Waals surface area contributed by atoms with Gasteiger partial charge in [-0.15, -0.1) is 36.2 Å². The van der Waals surface area contributed by atoms with Gasteiger partial charge in [-0.3, -0.25) is 4.79 Å². The second-order valence-corrected chi connectivity index (χ2v) is 7.68. The molecule has 2 aliphatic rings. The van der Waals surface area contributed by atoms with E-state index in [-0.39, 0.29) is 36.8 Å². The average Bonchev–Trinajstić information content (AvgIpc) is 3.03. The zero-order valence-electron chi connectivity index (χ0n) is 13.8. The monoisotopic (exact) mass is 379 g/mol. The Morgan fingerprint density at radius 2 is 2.04 bits per heavy atom. The van der Waals surface area contributed by atoms with E-state index < -0.39 is 0 Å². The molecule has 2 N–H and O–H groups in total. The number of nitrogens with one attached hydrogen (secondary N) is 2. The van der Waals surface area contributed by atoms with Crippen molar-refractivity contribution >= 4 is 42.1 Å². The van der Waals surface area contributed by atoms with Gasteiger partial charge in [-0.1, -0.05) is 12.8 Å². The third-order valence-electron chi connectivity index (χ3n) is 4.89. The highest BCUT2D eigenvalue weighted by molar-refractivity contribution is 7.11. The first kappa shape index (κ1) is 20.7. The first-order valence-corrected chi connectivity index (χ1v) is 8.92. The maximum absolute atomic E-state index is 12.3. The molecule has 1 aliphatic heterocycles. The van der Waals surface area contributed by atoms with E-state index in [0.29, 0.717) is 12.6 Å². The number of hydrogen-bond acceptors (Lipinski definition) is 4. The minimum Gasteiger partial charge on any atom is -0.354 e. The van der Waals surface area contributed by atoms with Crippen LogP contribution in [0, 0.1) is 19.8 Å². The largest absolute Gasteiger partial charge is 0.354 e. The van der Waals surface area contributed by atoms with E-state index in [1.54, 1.807) is 11.3 Å². The summed E-state index contributed by atoms with van der Waals surface area (Å²) in [6.45, 7) is 4.83. The summed E-state index contributed by atoms with van der Waals surface area (Å²) in [5, 5.41) is 7.73. The molecule has 1 saturated carbocycles. The highest BCUT2D eigenvalue weighted by atomic mass is 35.5. The van der Waals surface area contributed by atoms with E-state index in [1.807, 2.05) is 6.92 Å². The van der Waals surface area contributed by atoms with Gasteiger partial charge in [0.2, 0.25) is 5.91 Å². The predicted octanol–water partition coefficient (Wildman–Crippen LogP) is 3.18. The fraction of sp³-hybridized carbons (Fsp3) is 0.750. The van der Waals surface area contributed by atoms with Gasteiger partial charge in [0.15, 0.2) is 0 Å². The quantitative estimate of drug-likeness (QED) is 0.844. The molecule has 0 radical (unpaired) electrons. The Morgan fingerprint density at radius 1 is 1.30 bits per heavy atom. The first-order valence-electron chi connectivity index (χ1n) is 8.10. The molecule has 1 aromatic rings. The van der Waals surface area contributed by atoms with E-state index in [9.17, 15) is 4.79 Å². The molecule has 3 rings (SSSR count). The van der Waals surface area contributed by atoms with Gasteiger partial charge < -0.3 is 10.6 Å². The fourth-order valence-corrected chi connectivity index (χ4v) is 4.52. The van der Waals surface area contributed by atoms with Crippen LogP contribution >= 0.6 is 36.2 Å². The molecule has 7 heteroatoms. The summed E-state index contributed by atoms with van der Waals surface area (Å²) < 4.78 is 0. The summed E-state index contributed by atoms with van der Waals surface area (Å²) in [4.78, 5) is 18.1. The van der Waals surface area contributed by atoms with E-state index in [2.05, 4.69) is 22.5 Å². The van der Waals surface area contributed by atoms with Crippen molar-refractivity contribution in [3.8, 4) is 0 Å². The van der Waals surface area contributed by atoms with Crippen LogP contribution in [0.1, 0.15) is 47.7 Å². The van der Waals surface area contributed by atoms with E-state index in [0.717, 1.165) is 29.5 Å². The predicted molar refractivity (Wildman–Crippen MR) is 100 cm³/mol. The lowest BCUT2D eigenvalue weighted by molar-refractivity contribution is -0.122. The Kier molecular flexibility index (Phi) is 8.28. The number of aromatic nitrogens is 1. The number of fused-ring (bicyclic) bond motifs is 1. The standard InChI is InChI=1S/C16H25N3OS.2ClH/c1-10-11(2)21-15(18-10)7-8-17-16(20)14-9-12-5-3-4-6-13(12)19-14;;/h12-14,19H,3-9H2,1-2H3,(H,17,20);2*1H. The van der Waals surface area contributed by atoms with Crippen LogP contribution in [0.3, 0.4) is 0 Å². The molecule has 1 saturated heterocycles. The normalized spacial score (nSPS) is 25.9. The van der Waals surface area contributed by atoms with Crippen molar-refractivity contribution in [2.24, 2.45) is 5.92 Å². The van der Waals surface area contributed by atoms with Gasteiger partial charge in [-0.2, -0.15) is 0 Å².